The van der Waals surface area contributed by atoms with Crippen molar-refractivity contribution in [2.24, 2.45) is 0 Å². The Morgan fingerprint density at radius 2 is 1.92 bits per heavy atom. The third kappa shape index (κ3) is 3.83. The maximum absolute atomic E-state index is 12.6. The first-order valence-corrected chi connectivity index (χ1v) is 9.97. The van der Waals surface area contributed by atoms with Gasteiger partial charge >= 0.3 is 0 Å². The van der Waals surface area contributed by atoms with Crippen molar-refractivity contribution >= 4 is 27.3 Å². The first kappa shape index (κ1) is 18.3. The molecule has 0 saturated carbocycles. The molecule has 2 aromatic rings. The number of ether oxygens (including phenoxy) is 1. The summed E-state index contributed by atoms with van der Waals surface area (Å²) in [4.78, 5) is 14.0. The van der Waals surface area contributed by atoms with Crippen LogP contribution in [-0.2, 0) is 14.8 Å². The van der Waals surface area contributed by atoms with Gasteiger partial charge in [0.15, 0.2) is 0 Å². The standard InChI is InChI=1S/C19H22N2O4S/c1-14-6-5-7-16(12-14)26(23,24)20-15-9-10-17(18(13-15)25-2)21-11-4-3-8-19(21)22/h5-7,9-10,12-13,20H,3-4,8,11H2,1-2H3. The molecule has 0 aromatic heterocycles. The zero-order valence-corrected chi connectivity index (χ0v) is 15.7. The minimum atomic E-state index is -3.70. The van der Waals surface area contributed by atoms with Crippen LogP contribution in [0.25, 0.3) is 0 Å². The van der Waals surface area contributed by atoms with Crippen molar-refractivity contribution in [1.82, 2.24) is 0 Å². The molecule has 1 amide bonds. The van der Waals surface area contributed by atoms with Crippen LogP contribution in [0.5, 0.6) is 5.75 Å². The number of sulfonamides is 1. The molecule has 1 N–H and O–H groups in total. The van der Waals surface area contributed by atoms with E-state index in [2.05, 4.69) is 4.72 Å². The smallest absolute Gasteiger partial charge is 0.261 e. The van der Waals surface area contributed by atoms with E-state index in [1.54, 1.807) is 41.3 Å². The zero-order valence-electron chi connectivity index (χ0n) is 14.9. The number of nitrogens with zero attached hydrogens (tertiary/aromatic N) is 1. The number of piperidine rings is 1. The second kappa shape index (κ2) is 7.37. The summed E-state index contributed by atoms with van der Waals surface area (Å²) in [7, 11) is -2.19. The molecule has 0 spiro atoms. The van der Waals surface area contributed by atoms with Crippen molar-refractivity contribution in [3.05, 3.63) is 48.0 Å². The molecule has 1 aliphatic rings. The van der Waals surface area contributed by atoms with Crippen LogP contribution in [0.1, 0.15) is 24.8 Å². The maximum atomic E-state index is 12.6. The highest BCUT2D eigenvalue weighted by atomic mass is 32.2. The summed E-state index contributed by atoms with van der Waals surface area (Å²) >= 11 is 0. The number of carbonyl (C=O) groups excluding carboxylic acids is 1. The van der Waals surface area contributed by atoms with E-state index in [9.17, 15) is 13.2 Å². The molecular formula is C19H22N2O4S. The van der Waals surface area contributed by atoms with Crippen LogP contribution in [0.3, 0.4) is 0 Å². The summed E-state index contributed by atoms with van der Waals surface area (Å²) in [5.41, 5.74) is 1.91. The molecule has 3 rings (SSSR count). The Morgan fingerprint density at radius 3 is 2.62 bits per heavy atom. The van der Waals surface area contributed by atoms with E-state index in [4.69, 9.17) is 4.74 Å². The molecule has 1 saturated heterocycles. The minimum absolute atomic E-state index is 0.0580. The summed E-state index contributed by atoms with van der Waals surface area (Å²) < 4.78 is 33.1. The lowest BCUT2D eigenvalue weighted by molar-refractivity contribution is -0.119. The zero-order chi connectivity index (χ0) is 18.7. The molecular weight excluding hydrogens is 352 g/mol. The quantitative estimate of drug-likeness (QED) is 0.871. The minimum Gasteiger partial charge on any atom is -0.494 e. The third-order valence-corrected chi connectivity index (χ3v) is 5.72. The second-order valence-corrected chi connectivity index (χ2v) is 7.99. The number of hydrogen-bond donors (Lipinski definition) is 1. The van der Waals surface area contributed by atoms with Crippen molar-refractivity contribution < 1.29 is 17.9 Å². The highest BCUT2D eigenvalue weighted by Crippen LogP contribution is 2.34. The monoisotopic (exact) mass is 374 g/mol. The number of benzene rings is 2. The Bertz CT molecular complexity index is 925. The van der Waals surface area contributed by atoms with E-state index in [1.165, 1.54) is 7.11 Å². The molecule has 2 aromatic carbocycles. The van der Waals surface area contributed by atoms with Crippen LogP contribution in [0, 0.1) is 6.92 Å². The van der Waals surface area contributed by atoms with E-state index >= 15 is 0 Å². The predicted molar refractivity (Wildman–Crippen MR) is 101 cm³/mol. The molecule has 1 fully saturated rings. The molecule has 26 heavy (non-hydrogen) atoms. The fourth-order valence-corrected chi connectivity index (χ4v) is 4.18. The van der Waals surface area contributed by atoms with Gasteiger partial charge in [0.25, 0.3) is 10.0 Å². The fourth-order valence-electron chi connectivity index (χ4n) is 3.02. The summed E-state index contributed by atoms with van der Waals surface area (Å²) in [5, 5.41) is 0. The number of hydrogen-bond acceptors (Lipinski definition) is 4. The molecule has 0 unspecified atom stereocenters. The Hall–Kier alpha value is -2.54. The number of nitrogens with one attached hydrogen (secondary N) is 1. The lowest BCUT2D eigenvalue weighted by Gasteiger charge is -2.28. The van der Waals surface area contributed by atoms with Gasteiger partial charge in [-0.1, -0.05) is 12.1 Å². The van der Waals surface area contributed by atoms with E-state index in [-0.39, 0.29) is 10.8 Å². The summed E-state index contributed by atoms with van der Waals surface area (Å²) in [5.74, 6) is 0.521. The van der Waals surface area contributed by atoms with E-state index < -0.39 is 10.0 Å². The number of aryl methyl sites for hydroxylation is 1. The molecule has 7 heteroatoms. The van der Waals surface area contributed by atoms with E-state index in [1.807, 2.05) is 13.0 Å². The summed E-state index contributed by atoms with van der Waals surface area (Å²) in [6.45, 7) is 2.48. The van der Waals surface area contributed by atoms with Crippen LogP contribution in [0.2, 0.25) is 0 Å². The Labute approximate surface area is 153 Å². The van der Waals surface area contributed by atoms with Crippen molar-refractivity contribution in [1.29, 1.82) is 0 Å². The molecule has 1 heterocycles. The Balaban J connectivity index is 1.89. The Kier molecular flexibility index (Phi) is 5.18. The summed E-state index contributed by atoms with van der Waals surface area (Å²) in [6.07, 6.45) is 2.35. The SMILES string of the molecule is COc1cc(NS(=O)(=O)c2cccc(C)c2)ccc1N1CCCCC1=O. The van der Waals surface area contributed by atoms with E-state index in [0.29, 0.717) is 30.1 Å². The van der Waals surface area contributed by atoms with Crippen molar-refractivity contribution in [3.63, 3.8) is 0 Å². The van der Waals surface area contributed by atoms with Gasteiger partial charge < -0.3 is 9.64 Å². The number of methoxy groups -OCH3 is 1. The van der Waals surface area contributed by atoms with Crippen LogP contribution >= 0.6 is 0 Å². The molecule has 6 nitrogen and oxygen atoms in total. The molecule has 0 atom stereocenters. The largest absolute Gasteiger partial charge is 0.494 e. The maximum Gasteiger partial charge on any atom is 0.261 e. The van der Waals surface area contributed by atoms with Crippen molar-refractivity contribution in [2.45, 2.75) is 31.1 Å². The van der Waals surface area contributed by atoms with Gasteiger partial charge in [0.05, 0.1) is 23.4 Å². The molecule has 0 radical (unpaired) electrons. The van der Waals surface area contributed by atoms with Crippen LogP contribution in [-0.4, -0.2) is 28.0 Å². The first-order valence-electron chi connectivity index (χ1n) is 8.48. The van der Waals surface area contributed by atoms with Crippen molar-refractivity contribution in [2.75, 3.05) is 23.3 Å². The van der Waals surface area contributed by atoms with Crippen LogP contribution < -0.4 is 14.4 Å². The highest BCUT2D eigenvalue weighted by Gasteiger charge is 2.23. The van der Waals surface area contributed by atoms with Gasteiger partial charge in [0.1, 0.15) is 5.75 Å². The van der Waals surface area contributed by atoms with E-state index in [0.717, 1.165) is 18.4 Å². The van der Waals surface area contributed by atoms with Gasteiger partial charge in [-0.2, -0.15) is 0 Å². The normalized spacial score (nSPS) is 15.0. The van der Waals surface area contributed by atoms with Gasteiger partial charge in [-0.15, -0.1) is 0 Å². The lowest BCUT2D eigenvalue weighted by atomic mass is 10.1. The van der Waals surface area contributed by atoms with Crippen LogP contribution in [0.4, 0.5) is 11.4 Å². The average Bonchev–Trinajstić information content (AvgIpc) is 2.62. The fraction of sp³-hybridized carbons (Fsp3) is 0.316. The number of carbonyl (C=O) groups is 1. The number of anilines is 2. The highest BCUT2D eigenvalue weighted by molar-refractivity contribution is 7.92. The molecule has 0 aliphatic carbocycles. The lowest BCUT2D eigenvalue weighted by Crippen LogP contribution is -2.35. The van der Waals surface area contributed by atoms with Crippen molar-refractivity contribution in [3.8, 4) is 5.75 Å². The average molecular weight is 374 g/mol. The predicted octanol–water partition coefficient (Wildman–Crippen LogP) is 3.32. The topological polar surface area (TPSA) is 75.7 Å². The second-order valence-electron chi connectivity index (χ2n) is 6.31. The third-order valence-electron chi connectivity index (χ3n) is 4.35. The van der Waals surface area contributed by atoms with Gasteiger partial charge in [-0.3, -0.25) is 9.52 Å². The summed E-state index contributed by atoms with van der Waals surface area (Å²) in [6, 6.07) is 11.7. The molecule has 138 valence electrons. The number of amides is 1. The van der Waals surface area contributed by atoms with Gasteiger partial charge in [-0.25, -0.2) is 8.42 Å². The first-order chi connectivity index (χ1) is 12.4. The van der Waals surface area contributed by atoms with Gasteiger partial charge in [0.2, 0.25) is 5.91 Å². The van der Waals surface area contributed by atoms with Gasteiger partial charge in [0, 0.05) is 19.0 Å². The Morgan fingerprint density at radius 1 is 1.12 bits per heavy atom. The van der Waals surface area contributed by atoms with Crippen LogP contribution in [0.15, 0.2) is 47.4 Å². The molecule has 1 aliphatic heterocycles. The van der Waals surface area contributed by atoms with Gasteiger partial charge in [-0.05, 0) is 49.6 Å². The number of rotatable bonds is 5. The molecule has 0 bridgehead atoms.